The van der Waals surface area contributed by atoms with Gasteiger partial charge in [-0.15, -0.1) is 12.4 Å². The summed E-state index contributed by atoms with van der Waals surface area (Å²) < 4.78 is 6.29. The van der Waals surface area contributed by atoms with Gasteiger partial charge in [-0.2, -0.15) is 0 Å². The zero-order valence-electron chi connectivity index (χ0n) is 14.7. The number of nitrogens with zero attached hydrogens (tertiary/aromatic N) is 3. The first kappa shape index (κ1) is 19.6. The number of imidazole rings is 1. The summed E-state index contributed by atoms with van der Waals surface area (Å²) in [6, 6.07) is 7.78. The molecule has 0 saturated carbocycles. The van der Waals surface area contributed by atoms with Gasteiger partial charge in [0.15, 0.2) is 0 Å². The van der Waals surface area contributed by atoms with Crippen molar-refractivity contribution in [3.8, 4) is 11.4 Å². The number of carbonyl (C=O) groups excluding carboxylic acids is 1. The van der Waals surface area contributed by atoms with Crippen molar-refractivity contribution in [1.82, 2.24) is 19.9 Å². The summed E-state index contributed by atoms with van der Waals surface area (Å²) in [6.45, 7) is 4.00. The lowest BCUT2D eigenvalue weighted by Crippen LogP contribution is -2.41. The van der Waals surface area contributed by atoms with Crippen LogP contribution in [0, 0.1) is 6.92 Å². The van der Waals surface area contributed by atoms with E-state index >= 15 is 0 Å². The lowest BCUT2D eigenvalue weighted by atomic mass is 10.1. The van der Waals surface area contributed by atoms with Gasteiger partial charge in [0.2, 0.25) is 0 Å². The van der Waals surface area contributed by atoms with Crippen LogP contribution >= 0.6 is 28.3 Å². The third-order valence-corrected chi connectivity index (χ3v) is 4.95. The molecule has 0 radical (unpaired) electrons. The van der Waals surface area contributed by atoms with Crippen molar-refractivity contribution in [2.24, 2.45) is 0 Å². The Morgan fingerprint density at radius 1 is 1.30 bits per heavy atom. The molecule has 0 unspecified atom stereocenters. The Kier molecular flexibility index (Phi) is 5.69. The molecule has 1 aliphatic heterocycles. The van der Waals surface area contributed by atoms with Crippen molar-refractivity contribution in [3.63, 3.8) is 0 Å². The largest absolute Gasteiger partial charge is 0.382 e. The van der Waals surface area contributed by atoms with E-state index in [4.69, 9.17) is 10.5 Å². The number of carbonyl (C=O) groups is 1. The first-order valence-corrected chi connectivity index (χ1v) is 9.12. The van der Waals surface area contributed by atoms with Crippen molar-refractivity contribution in [3.05, 3.63) is 40.0 Å². The Balaban J connectivity index is 0.00000210. The van der Waals surface area contributed by atoms with Gasteiger partial charge in [-0.25, -0.2) is 9.97 Å². The van der Waals surface area contributed by atoms with Crippen molar-refractivity contribution in [1.29, 1.82) is 0 Å². The number of nitrogen functional groups attached to an aromatic ring is 1. The molecule has 3 N–H and O–H groups in total. The maximum atomic E-state index is 13.1. The molecule has 1 amide bonds. The number of nitrogens with one attached hydrogen (secondary N) is 1. The van der Waals surface area contributed by atoms with E-state index in [0.717, 1.165) is 10.0 Å². The fraction of sp³-hybridized carbons (Fsp3) is 0.278. The van der Waals surface area contributed by atoms with Gasteiger partial charge in [-0.05, 0) is 19.1 Å². The first-order valence-electron chi connectivity index (χ1n) is 8.33. The summed E-state index contributed by atoms with van der Waals surface area (Å²) >= 11 is 3.47. The second kappa shape index (κ2) is 7.84. The number of aryl methyl sites for hydroxylation is 1. The fourth-order valence-corrected chi connectivity index (χ4v) is 3.56. The smallest absolute Gasteiger partial charge is 0.258 e. The summed E-state index contributed by atoms with van der Waals surface area (Å²) in [5.41, 5.74) is 9.21. The SMILES string of the molecule is Cc1nc(N)c2[nH]c(-c3cccc(Br)c3)nc2c1C(=O)N1CCOCC1.Cl. The Labute approximate surface area is 170 Å². The quantitative estimate of drug-likeness (QED) is 0.622. The highest BCUT2D eigenvalue weighted by atomic mass is 79.9. The Morgan fingerprint density at radius 3 is 2.74 bits per heavy atom. The van der Waals surface area contributed by atoms with Gasteiger partial charge in [-0.1, -0.05) is 28.1 Å². The van der Waals surface area contributed by atoms with Crippen LogP contribution in [0.5, 0.6) is 0 Å². The summed E-state index contributed by atoms with van der Waals surface area (Å²) in [4.78, 5) is 27.1. The predicted octanol–water partition coefficient (Wildman–Crippen LogP) is 3.17. The number of ether oxygens (including phenoxy) is 1. The minimum atomic E-state index is -0.0874. The van der Waals surface area contributed by atoms with Crippen molar-refractivity contribution in [2.75, 3.05) is 32.0 Å². The molecule has 1 aliphatic rings. The third-order valence-electron chi connectivity index (χ3n) is 4.46. The maximum Gasteiger partial charge on any atom is 0.258 e. The van der Waals surface area contributed by atoms with Crippen LogP contribution in [0.4, 0.5) is 5.82 Å². The second-order valence-electron chi connectivity index (χ2n) is 6.18. The molecule has 1 saturated heterocycles. The fourth-order valence-electron chi connectivity index (χ4n) is 3.16. The molecule has 3 heterocycles. The topological polar surface area (TPSA) is 97.1 Å². The summed E-state index contributed by atoms with van der Waals surface area (Å²) in [5, 5.41) is 0. The van der Waals surface area contributed by atoms with Crippen molar-refractivity contribution >= 4 is 51.1 Å². The van der Waals surface area contributed by atoms with Crippen LogP contribution in [-0.2, 0) is 4.74 Å². The average molecular weight is 453 g/mol. The van der Waals surface area contributed by atoms with Gasteiger partial charge in [0, 0.05) is 23.1 Å². The molecule has 9 heteroatoms. The summed E-state index contributed by atoms with van der Waals surface area (Å²) in [7, 11) is 0. The minimum absolute atomic E-state index is 0. The number of fused-ring (bicyclic) bond motifs is 1. The Morgan fingerprint density at radius 2 is 2.04 bits per heavy atom. The van der Waals surface area contributed by atoms with Gasteiger partial charge in [-0.3, -0.25) is 4.79 Å². The third kappa shape index (κ3) is 3.65. The molecular weight excluding hydrogens is 434 g/mol. The second-order valence-corrected chi connectivity index (χ2v) is 7.10. The van der Waals surface area contributed by atoms with E-state index in [1.807, 2.05) is 24.3 Å². The number of H-pyrrole nitrogens is 1. The number of nitrogens with two attached hydrogens (primary N) is 1. The normalized spacial score (nSPS) is 14.2. The number of amides is 1. The van der Waals surface area contributed by atoms with E-state index in [9.17, 15) is 4.79 Å². The van der Waals surface area contributed by atoms with Crippen LogP contribution in [0.15, 0.2) is 28.7 Å². The zero-order valence-corrected chi connectivity index (χ0v) is 17.1. The summed E-state index contributed by atoms with van der Waals surface area (Å²) in [5.74, 6) is 0.900. The number of pyridine rings is 1. The summed E-state index contributed by atoms with van der Waals surface area (Å²) in [6.07, 6.45) is 0. The molecule has 2 aromatic heterocycles. The van der Waals surface area contributed by atoms with E-state index in [1.54, 1.807) is 11.8 Å². The number of morpholine rings is 1. The molecule has 27 heavy (non-hydrogen) atoms. The maximum absolute atomic E-state index is 13.1. The van der Waals surface area contributed by atoms with Crippen molar-refractivity contribution in [2.45, 2.75) is 6.92 Å². The standard InChI is InChI=1S/C18H18BrN5O2.ClH/c1-10-13(18(25)24-5-7-26-8-6-24)14-15(16(20)21-10)23-17(22-14)11-3-2-4-12(19)9-11;/h2-4,9H,5-8H2,1H3,(H2,20,21)(H,22,23);1H. The lowest BCUT2D eigenvalue weighted by Gasteiger charge is -2.27. The molecule has 0 bridgehead atoms. The molecule has 7 nitrogen and oxygen atoms in total. The number of aromatic amines is 1. The van der Waals surface area contributed by atoms with Crippen LogP contribution in [0.25, 0.3) is 22.4 Å². The van der Waals surface area contributed by atoms with Gasteiger partial charge in [0.05, 0.1) is 24.5 Å². The van der Waals surface area contributed by atoms with E-state index in [2.05, 4.69) is 30.9 Å². The Bertz CT molecular complexity index is 1000. The number of rotatable bonds is 2. The molecular formula is C18H19BrClN5O2. The molecule has 3 aromatic rings. The zero-order chi connectivity index (χ0) is 18.3. The van der Waals surface area contributed by atoms with E-state index in [0.29, 0.717) is 60.2 Å². The van der Waals surface area contributed by atoms with Crippen LogP contribution in [0.1, 0.15) is 16.1 Å². The number of hydrogen-bond donors (Lipinski definition) is 2. The van der Waals surface area contributed by atoms with Crippen molar-refractivity contribution < 1.29 is 9.53 Å². The first-order chi connectivity index (χ1) is 12.5. The van der Waals surface area contributed by atoms with E-state index in [-0.39, 0.29) is 18.3 Å². The number of hydrogen-bond acceptors (Lipinski definition) is 5. The Hall–Kier alpha value is -2.16. The van der Waals surface area contributed by atoms with Gasteiger partial charge in [0.25, 0.3) is 5.91 Å². The molecule has 0 atom stereocenters. The van der Waals surface area contributed by atoms with Gasteiger partial charge >= 0.3 is 0 Å². The lowest BCUT2D eigenvalue weighted by molar-refractivity contribution is 0.0303. The molecule has 0 aliphatic carbocycles. The van der Waals surface area contributed by atoms with E-state index in [1.165, 1.54) is 0 Å². The highest BCUT2D eigenvalue weighted by Crippen LogP contribution is 2.29. The monoisotopic (exact) mass is 451 g/mol. The van der Waals surface area contributed by atoms with Gasteiger partial charge < -0.3 is 20.4 Å². The number of halogens is 2. The van der Waals surface area contributed by atoms with Crippen LogP contribution in [-0.4, -0.2) is 52.1 Å². The number of benzene rings is 1. The molecule has 0 spiro atoms. The number of aromatic nitrogens is 3. The number of anilines is 1. The minimum Gasteiger partial charge on any atom is -0.382 e. The predicted molar refractivity (Wildman–Crippen MR) is 110 cm³/mol. The van der Waals surface area contributed by atoms with Crippen LogP contribution in [0.2, 0.25) is 0 Å². The molecule has 142 valence electrons. The molecule has 1 fully saturated rings. The van der Waals surface area contributed by atoms with E-state index < -0.39 is 0 Å². The molecule has 1 aromatic carbocycles. The highest BCUT2D eigenvalue weighted by Gasteiger charge is 2.26. The van der Waals surface area contributed by atoms with Crippen LogP contribution in [0.3, 0.4) is 0 Å². The highest BCUT2D eigenvalue weighted by molar-refractivity contribution is 9.10. The van der Waals surface area contributed by atoms with Gasteiger partial charge in [0.1, 0.15) is 22.7 Å². The van der Waals surface area contributed by atoms with Crippen LogP contribution < -0.4 is 5.73 Å². The molecule has 4 rings (SSSR count). The average Bonchev–Trinajstić information content (AvgIpc) is 3.08.